The highest BCUT2D eigenvalue weighted by Crippen LogP contribution is 2.34. The Kier molecular flexibility index (Phi) is 3.39. The van der Waals surface area contributed by atoms with E-state index in [0.717, 1.165) is 24.2 Å². The Morgan fingerprint density at radius 1 is 1.22 bits per heavy atom. The number of aliphatic hydroxyl groups is 1. The van der Waals surface area contributed by atoms with Crippen molar-refractivity contribution in [2.45, 2.75) is 37.9 Å². The van der Waals surface area contributed by atoms with Gasteiger partial charge in [0, 0.05) is 0 Å². The normalized spacial score (nSPS) is 20.3. The third kappa shape index (κ3) is 2.44. The topological polar surface area (TPSA) is 47.9 Å². The van der Waals surface area contributed by atoms with Crippen molar-refractivity contribution in [3.05, 3.63) is 23.8 Å². The van der Waals surface area contributed by atoms with Crippen molar-refractivity contribution in [1.29, 1.82) is 0 Å². The van der Waals surface area contributed by atoms with Crippen molar-refractivity contribution in [3.8, 4) is 11.5 Å². The van der Waals surface area contributed by atoms with Gasteiger partial charge < -0.3 is 19.3 Å². The maximum Gasteiger partial charge on any atom is 0.231 e. The maximum atomic E-state index is 10.1. The lowest BCUT2D eigenvalue weighted by molar-refractivity contribution is -0.00703. The van der Waals surface area contributed by atoms with Crippen molar-refractivity contribution in [2.24, 2.45) is 0 Å². The third-order valence-corrected chi connectivity index (χ3v) is 3.57. The predicted molar refractivity (Wildman–Crippen MR) is 65.7 cm³/mol. The lowest BCUT2D eigenvalue weighted by Gasteiger charge is -2.16. The van der Waals surface area contributed by atoms with Gasteiger partial charge in [-0.05, 0) is 30.5 Å². The molecule has 0 amide bonds. The summed E-state index contributed by atoms with van der Waals surface area (Å²) in [6.07, 6.45) is 4.45. The van der Waals surface area contributed by atoms with Crippen LogP contribution in [-0.2, 0) is 4.74 Å². The number of fused-ring (bicyclic) bond motifs is 1. The van der Waals surface area contributed by atoms with E-state index >= 15 is 0 Å². The van der Waals surface area contributed by atoms with Crippen LogP contribution in [0.5, 0.6) is 11.5 Å². The molecule has 18 heavy (non-hydrogen) atoms. The summed E-state index contributed by atoms with van der Waals surface area (Å²) >= 11 is 0. The van der Waals surface area contributed by atoms with E-state index < -0.39 is 6.10 Å². The highest BCUT2D eigenvalue weighted by atomic mass is 16.7. The number of hydrogen-bond acceptors (Lipinski definition) is 4. The van der Waals surface area contributed by atoms with E-state index in [4.69, 9.17) is 14.2 Å². The molecule has 1 aliphatic heterocycles. The van der Waals surface area contributed by atoms with Crippen LogP contribution in [0.4, 0.5) is 0 Å². The van der Waals surface area contributed by atoms with Gasteiger partial charge in [-0.1, -0.05) is 18.9 Å². The molecule has 1 saturated carbocycles. The molecule has 1 heterocycles. The van der Waals surface area contributed by atoms with E-state index in [1.54, 1.807) is 0 Å². The summed E-state index contributed by atoms with van der Waals surface area (Å²) in [6, 6.07) is 5.51. The van der Waals surface area contributed by atoms with Gasteiger partial charge in [0.15, 0.2) is 11.5 Å². The van der Waals surface area contributed by atoms with Crippen LogP contribution in [0.2, 0.25) is 0 Å². The fourth-order valence-corrected chi connectivity index (χ4v) is 2.50. The first-order valence-electron chi connectivity index (χ1n) is 6.52. The average molecular weight is 250 g/mol. The van der Waals surface area contributed by atoms with Gasteiger partial charge in [0.2, 0.25) is 6.79 Å². The molecular formula is C14H18O4. The lowest BCUT2D eigenvalue weighted by atomic mass is 10.1. The number of rotatable bonds is 4. The number of ether oxygens (including phenoxy) is 3. The zero-order valence-electron chi connectivity index (χ0n) is 10.3. The Balaban J connectivity index is 1.59. The highest BCUT2D eigenvalue weighted by Gasteiger charge is 2.19. The van der Waals surface area contributed by atoms with E-state index in [1.807, 2.05) is 18.2 Å². The minimum atomic E-state index is -0.597. The number of benzene rings is 1. The molecule has 4 heteroatoms. The molecule has 1 atom stereocenters. The zero-order valence-corrected chi connectivity index (χ0v) is 10.3. The summed E-state index contributed by atoms with van der Waals surface area (Å²) in [5, 5.41) is 10.1. The Bertz CT molecular complexity index is 412. The molecule has 1 aliphatic carbocycles. The van der Waals surface area contributed by atoms with Crippen LogP contribution < -0.4 is 9.47 Å². The zero-order chi connectivity index (χ0) is 12.4. The molecule has 0 spiro atoms. The Morgan fingerprint density at radius 2 is 2.00 bits per heavy atom. The van der Waals surface area contributed by atoms with Crippen molar-refractivity contribution in [1.82, 2.24) is 0 Å². The van der Waals surface area contributed by atoms with Crippen molar-refractivity contribution in [3.63, 3.8) is 0 Å². The minimum Gasteiger partial charge on any atom is -0.454 e. The molecule has 1 aromatic rings. The second-order valence-electron chi connectivity index (χ2n) is 4.87. The van der Waals surface area contributed by atoms with Gasteiger partial charge in [0.1, 0.15) is 6.10 Å². The quantitative estimate of drug-likeness (QED) is 0.891. The molecule has 2 aliphatic rings. The molecule has 98 valence electrons. The molecule has 1 unspecified atom stereocenters. The Labute approximate surface area is 106 Å². The first kappa shape index (κ1) is 11.8. The molecule has 1 aromatic carbocycles. The van der Waals surface area contributed by atoms with Gasteiger partial charge in [0.05, 0.1) is 12.7 Å². The standard InChI is InChI=1S/C14H18O4/c15-12(8-16-11-3-1-2-4-11)10-5-6-13-14(7-10)18-9-17-13/h5-7,11-12,15H,1-4,8-9H2. The Morgan fingerprint density at radius 3 is 2.83 bits per heavy atom. The highest BCUT2D eigenvalue weighted by molar-refractivity contribution is 5.45. The second-order valence-corrected chi connectivity index (χ2v) is 4.87. The fraction of sp³-hybridized carbons (Fsp3) is 0.571. The monoisotopic (exact) mass is 250 g/mol. The first-order chi connectivity index (χ1) is 8.83. The molecule has 1 N–H and O–H groups in total. The van der Waals surface area contributed by atoms with Gasteiger partial charge >= 0.3 is 0 Å². The second kappa shape index (κ2) is 5.16. The molecule has 0 radical (unpaired) electrons. The maximum absolute atomic E-state index is 10.1. The van der Waals surface area contributed by atoms with Crippen LogP contribution in [0.1, 0.15) is 37.4 Å². The average Bonchev–Trinajstić information content (AvgIpc) is 3.05. The van der Waals surface area contributed by atoms with Gasteiger partial charge in [0.25, 0.3) is 0 Å². The van der Waals surface area contributed by atoms with E-state index in [-0.39, 0.29) is 6.79 Å². The smallest absolute Gasteiger partial charge is 0.231 e. The molecular weight excluding hydrogens is 232 g/mol. The SMILES string of the molecule is OC(COC1CCCC1)c1ccc2c(c1)OCO2. The van der Waals surface area contributed by atoms with Crippen LogP contribution >= 0.6 is 0 Å². The van der Waals surface area contributed by atoms with E-state index in [9.17, 15) is 5.11 Å². The van der Waals surface area contributed by atoms with Crippen molar-refractivity contribution < 1.29 is 19.3 Å². The van der Waals surface area contributed by atoms with E-state index in [2.05, 4.69) is 0 Å². The molecule has 1 fully saturated rings. The van der Waals surface area contributed by atoms with Gasteiger partial charge in [-0.15, -0.1) is 0 Å². The first-order valence-corrected chi connectivity index (χ1v) is 6.52. The largest absolute Gasteiger partial charge is 0.454 e. The Hall–Kier alpha value is -1.26. The van der Waals surface area contributed by atoms with Gasteiger partial charge in [-0.25, -0.2) is 0 Å². The van der Waals surface area contributed by atoms with Gasteiger partial charge in [-0.3, -0.25) is 0 Å². The van der Waals surface area contributed by atoms with Crippen molar-refractivity contribution >= 4 is 0 Å². The molecule has 4 nitrogen and oxygen atoms in total. The molecule has 0 aromatic heterocycles. The van der Waals surface area contributed by atoms with Gasteiger partial charge in [-0.2, -0.15) is 0 Å². The lowest BCUT2D eigenvalue weighted by Crippen LogP contribution is -2.14. The van der Waals surface area contributed by atoms with Crippen LogP contribution in [0, 0.1) is 0 Å². The van der Waals surface area contributed by atoms with Crippen LogP contribution in [0.3, 0.4) is 0 Å². The summed E-state index contributed by atoms with van der Waals surface area (Å²) in [7, 11) is 0. The van der Waals surface area contributed by atoms with Crippen molar-refractivity contribution in [2.75, 3.05) is 13.4 Å². The van der Waals surface area contributed by atoms with Crippen LogP contribution in [0.25, 0.3) is 0 Å². The summed E-state index contributed by atoms with van der Waals surface area (Å²) < 4.78 is 16.2. The van der Waals surface area contributed by atoms with E-state index in [0.29, 0.717) is 18.5 Å². The molecule has 0 bridgehead atoms. The minimum absolute atomic E-state index is 0.257. The predicted octanol–water partition coefficient (Wildman–Crippen LogP) is 2.41. The summed E-state index contributed by atoms with van der Waals surface area (Å²) in [5.41, 5.74) is 0.817. The fourth-order valence-electron chi connectivity index (χ4n) is 2.50. The number of hydrogen-bond donors (Lipinski definition) is 1. The summed E-state index contributed by atoms with van der Waals surface area (Å²) in [5.74, 6) is 1.44. The number of aliphatic hydroxyl groups excluding tert-OH is 1. The van der Waals surface area contributed by atoms with Crippen LogP contribution in [-0.4, -0.2) is 24.6 Å². The summed E-state index contributed by atoms with van der Waals surface area (Å²) in [6.45, 7) is 0.609. The molecule has 3 rings (SSSR count). The van der Waals surface area contributed by atoms with E-state index in [1.165, 1.54) is 12.8 Å². The molecule has 0 saturated heterocycles. The summed E-state index contributed by atoms with van der Waals surface area (Å²) in [4.78, 5) is 0. The third-order valence-electron chi connectivity index (χ3n) is 3.57. The van der Waals surface area contributed by atoms with Crippen LogP contribution in [0.15, 0.2) is 18.2 Å².